The zero-order valence-corrected chi connectivity index (χ0v) is 4.43. The van der Waals surface area contributed by atoms with Gasteiger partial charge in [-0.05, 0) is 25.9 Å². The first-order valence-corrected chi connectivity index (χ1v) is 2.78. The van der Waals surface area contributed by atoms with Crippen molar-refractivity contribution < 1.29 is 1.41 Å². The molecule has 2 heteroatoms. The quantitative estimate of drug-likeness (QED) is 0.439. The predicted octanol–water partition coefficient (Wildman–Crippen LogP) is -0.303. The maximum Gasteiger partial charge on any atom is 0.122 e. The van der Waals surface area contributed by atoms with Crippen LogP contribution in [0.15, 0.2) is 0 Å². The fraction of sp³-hybridized carbons (Fsp3) is 1.00. The predicted molar refractivity (Wildman–Crippen MR) is 30.1 cm³/mol. The van der Waals surface area contributed by atoms with E-state index in [-0.39, 0.29) is 0 Å². The van der Waals surface area contributed by atoms with E-state index in [1.54, 1.807) is 5.31 Å². The van der Waals surface area contributed by atoms with Crippen LogP contribution in [0.1, 0.15) is 12.8 Å². The summed E-state index contributed by atoms with van der Waals surface area (Å²) in [6.45, 7) is 1.70. The van der Waals surface area contributed by atoms with Crippen LogP contribution < -0.4 is 11.0 Å². The van der Waals surface area contributed by atoms with Crippen LogP contribution in [0.3, 0.4) is 0 Å². The molecule has 0 aliphatic carbocycles. The van der Waals surface area contributed by atoms with Crippen molar-refractivity contribution in [3.8, 4) is 0 Å². The van der Waals surface area contributed by atoms with Crippen LogP contribution in [0.4, 0.5) is 0 Å². The van der Waals surface area contributed by atoms with E-state index in [2.05, 4.69) is 0 Å². The van der Waals surface area contributed by atoms with Gasteiger partial charge in [0, 0.05) is 6.04 Å². The van der Waals surface area contributed by atoms with Crippen LogP contribution in [0.5, 0.6) is 0 Å². The van der Waals surface area contributed by atoms with Crippen LogP contribution in [0, 0.1) is 0 Å². The van der Waals surface area contributed by atoms with Gasteiger partial charge in [-0.25, -0.2) is 0 Å². The van der Waals surface area contributed by atoms with E-state index in [0.29, 0.717) is 6.04 Å². The molecule has 0 radical (unpaired) electrons. The Labute approximate surface area is 45.5 Å². The fourth-order valence-corrected chi connectivity index (χ4v) is 0.770. The van der Waals surface area contributed by atoms with Gasteiger partial charge in [0.05, 0.1) is 0 Å². The molecule has 0 saturated carbocycles. The Morgan fingerprint density at radius 1 is 1.57 bits per heavy atom. The molecule has 0 aromatic rings. The molecule has 2 nitrogen and oxygen atoms in total. The van der Waals surface area contributed by atoms with E-state index in [0.717, 1.165) is 25.9 Å². The van der Waals surface area contributed by atoms with Crippen LogP contribution in [-0.4, -0.2) is 19.1 Å². The highest BCUT2D eigenvalue weighted by Gasteiger charge is 2.05. The zero-order chi connectivity index (χ0) is 5.98. The summed E-state index contributed by atoms with van der Waals surface area (Å²) in [4.78, 5) is 0. The molecular weight excluding hydrogens is 88.1 g/mol. The minimum atomic E-state index is 0.358. The van der Waals surface area contributed by atoms with Gasteiger partial charge in [0.15, 0.2) is 0 Å². The van der Waals surface area contributed by atoms with Crippen molar-refractivity contribution >= 4 is 0 Å². The molecule has 0 atom stereocenters. The first-order chi connectivity index (χ1) is 3.79. The third kappa shape index (κ3) is 1.45. The first kappa shape index (κ1) is 3.87. The highest BCUT2D eigenvalue weighted by molar-refractivity contribution is 4.69. The molecule has 1 aliphatic heterocycles. The molecule has 42 valence electrons. The van der Waals surface area contributed by atoms with Crippen LogP contribution in [0.25, 0.3) is 0 Å². The average molecular weight is 101 g/mol. The Morgan fingerprint density at radius 3 is 2.57 bits per heavy atom. The van der Waals surface area contributed by atoms with Crippen LogP contribution >= 0.6 is 0 Å². The standard InChI is InChI=1S/C5H12N2/c6-5-1-3-7-4-2-5/h5,7H,1-4,6H2/i/hD. The second-order valence-corrected chi connectivity index (χ2v) is 2.01. The van der Waals surface area contributed by atoms with E-state index in [1.807, 2.05) is 0 Å². The Balaban J connectivity index is 2.19. The largest absolute Gasteiger partial charge is 0.328 e. The lowest BCUT2D eigenvalue weighted by Gasteiger charge is -2.17. The summed E-state index contributed by atoms with van der Waals surface area (Å²) in [5.74, 6) is 0. The number of hydrogen-bond acceptors (Lipinski definition) is 2. The van der Waals surface area contributed by atoms with Crippen LogP contribution in [0.2, 0.25) is 1.41 Å². The number of nitrogens with two attached hydrogens (primary N) is 1. The van der Waals surface area contributed by atoms with Crippen molar-refractivity contribution in [3.05, 3.63) is 0 Å². The molecular formula is C5H12N2. The van der Waals surface area contributed by atoms with Gasteiger partial charge in [-0.1, -0.05) is 0 Å². The number of hydrogen-bond donors (Lipinski definition) is 2. The van der Waals surface area contributed by atoms with Crippen molar-refractivity contribution in [2.24, 2.45) is 5.73 Å². The minimum Gasteiger partial charge on any atom is -0.328 e. The van der Waals surface area contributed by atoms with Crippen molar-refractivity contribution in [1.82, 2.24) is 5.31 Å². The smallest absolute Gasteiger partial charge is 0.122 e. The summed E-state index contributed by atoms with van der Waals surface area (Å²) >= 11 is 0. The third-order valence-corrected chi connectivity index (χ3v) is 1.32. The molecule has 0 spiro atoms. The molecule has 1 rings (SSSR count). The molecule has 0 aromatic carbocycles. The Hall–Kier alpha value is -0.0800. The van der Waals surface area contributed by atoms with Gasteiger partial charge in [0.1, 0.15) is 1.41 Å². The fourth-order valence-electron chi connectivity index (χ4n) is 0.770. The van der Waals surface area contributed by atoms with E-state index in [4.69, 9.17) is 7.15 Å². The summed E-state index contributed by atoms with van der Waals surface area (Å²) in [7, 11) is 0. The maximum atomic E-state index is 7.14. The first-order valence-electron chi connectivity index (χ1n) is 3.23. The van der Waals surface area contributed by atoms with E-state index >= 15 is 0 Å². The number of piperidine rings is 1. The zero-order valence-electron chi connectivity index (χ0n) is 5.43. The lowest BCUT2D eigenvalue weighted by molar-refractivity contribution is 0.458. The summed E-state index contributed by atoms with van der Waals surface area (Å²) in [5.41, 5.74) is 5.59. The lowest BCUT2D eigenvalue weighted by Crippen LogP contribution is -2.35. The Bertz CT molecular complexity index is 58.8. The Kier molecular flexibility index (Phi) is 1.26. The van der Waals surface area contributed by atoms with Gasteiger partial charge in [0.2, 0.25) is 0 Å². The van der Waals surface area contributed by atoms with Crippen molar-refractivity contribution in [3.63, 3.8) is 0 Å². The maximum absolute atomic E-state index is 7.14. The normalized spacial score (nSPS) is 30.1. The second-order valence-electron chi connectivity index (χ2n) is 2.01. The molecule has 1 heterocycles. The monoisotopic (exact) mass is 101 g/mol. The van der Waals surface area contributed by atoms with Gasteiger partial charge in [0.25, 0.3) is 0 Å². The Morgan fingerprint density at radius 2 is 2.14 bits per heavy atom. The van der Waals surface area contributed by atoms with Crippen molar-refractivity contribution in [1.29, 1.82) is 0 Å². The van der Waals surface area contributed by atoms with Gasteiger partial charge >= 0.3 is 0 Å². The third-order valence-electron chi connectivity index (χ3n) is 1.32. The molecule has 0 unspecified atom stereocenters. The van der Waals surface area contributed by atoms with Crippen molar-refractivity contribution in [2.75, 3.05) is 13.1 Å². The minimum absolute atomic E-state index is 0.358. The van der Waals surface area contributed by atoms with E-state index in [1.165, 1.54) is 0 Å². The summed E-state index contributed by atoms with van der Waals surface area (Å²) in [5, 5.41) is 1.57. The SMILES string of the molecule is [2H]N1CCC(N)CC1. The second kappa shape index (κ2) is 2.28. The molecule has 1 aliphatic rings. The van der Waals surface area contributed by atoms with Crippen molar-refractivity contribution in [2.45, 2.75) is 18.9 Å². The molecule has 1 saturated heterocycles. The van der Waals surface area contributed by atoms with Gasteiger partial charge < -0.3 is 11.0 Å². The average Bonchev–Trinajstić information content (AvgIpc) is 1.77. The molecule has 3 N–H and O–H groups in total. The summed E-state index contributed by atoms with van der Waals surface area (Å²) in [6.07, 6.45) is 1.98. The summed E-state index contributed by atoms with van der Waals surface area (Å²) in [6, 6.07) is 0.358. The molecule has 0 bridgehead atoms. The van der Waals surface area contributed by atoms with Gasteiger partial charge in [-0.15, -0.1) is 0 Å². The number of nitrogens with one attached hydrogen (secondary N) is 1. The molecule has 0 aromatic heterocycles. The van der Waals surface area contributed by atoms with Gasteiger partial charge in [-0.3, -0.25) is 0 Å². The van der Waals surface area contributed by atoms with E-state index < -0.39 is 0 Å². The van der Waals surface area contributed by atoms with E-state index in [9.17, 15) is 0 Å². The number of rotatable bonds is 0. The lowest BCUT2D eigenvalue weighted by atomic mass is 10.1. The molecule has 1 fully saturated rings. The highest BCUT2D eigenvalue weighted by Crippen LogP contribution is 1.96. The molecule has 7 heavy (non-hydrogen) atoms. The topological polar surface area (TPSA) is 38.0 Å². The van der Waals surface area contributed by atoms with Crippen LogP contribution in [-0.2, 0) is 0 Å². The molecule has 0 amide bonds. The van der Waals surface area contributed by atoms with Gasteiger partial charge in [-0.2, -0.15) is 0 Å². The highest BCUT2D eigenvalue weighted by atomic mass is 14.9. The summed E-state index contributed by atoms with van der Waals surface area (Å²) < 4.78 is 7.14.